The number of nitrogens with zero attached hydrogens (tertiary/aromatic N) is 3. The van der Waals surface area contributed by atoms with E-state index >= 15 is 0 Å². The highest BCUT2D eigenvalue weighted by atomic mass is 16.6. The lowest BCUT2D eigenvalue weighted by atomic mass is 9.90. The number of piperidine rings is 1. The zero-order valence-corrected chi connectivity index (χ0v) is 32.1. The number of amides is 3. The Kier molecular flexibility index (Phi) is 12.7. The Balaban J connectivity index is 0.974. The normalized spacial score (nSPS) is 16.9. The van der Waals surface area contributed by atoms with Gasteiger partial charge in [-0.15, -0.1) is 0 Å². The summed E-state index contributed by atoms with van der Waals surface area (Å²) in [5, 5.41) is 3.12. The van der Waals surface area contributed by atoms with Gasteiger partial charge in [0.1, 0.15) is 12.2 Å². The maximum absolute atomic E-state index is 13.3. The van der Waals surface area contributed by atoms with E-state index in [1.54, 1.807) is 4.90 Å². The molecule has 0 radical (unpaired) electrons. The first-order chi connectivity index (χ1) is 26.0. The predicted octanol–water partition coefficient (Wildman–Crippen LogP) is 8.32. The molecule has 2 heterocycles. The second kappa shape index (κ2) is 17.8. The molecule has 0 aliphatic carbocycles. The van der Waals surface area contributed by atoms with E-state index in [1.165, 1.54) is 5.56 Å². The molecule has 2 fully saturated rings. The number of likely N-dealkylation sites (tertiary alicyclic amines) is 1. The van der Waals surface area contributed by atoms with Gasteiger partial charge in [-0.25, -0.2) is 9.59 Å². The summed E-state index contributed by atoms with van der Waals surface area (Å²) in [7, 11) is 0. The van der Waals surface area contributed by atoms with Crippen LogP contribution in [-0.2, 0) is 35.6 Å². The molecule has 2 aliphatic heterocycles. The lowest BCUT2D eigenvalue weighted by Crippen LogP contribution is -2.53. The van der Waals surface area contributed by atoms with Crippen molar-refractivity contribution >= 4 is 18.1 Å². The molecule has 0 unspecified atom stereocenters. The van der Waals surface area contributed by atoms with E-state index in [2.05, 4.69) is 59.6 Å². The molecule has 284 valence electrons. The largest absolute Gasteiger partial charge is 0.445 e. The third-order valence-corrected chi connectivity index (χ3v) is 10.2. The van der Waals surface area contributed by atoms with Crippen LogP contribution in [0.5, 0.6) is 0 Å². The zero-order chi connectivity index (χ0) is 38.1. The Labute approximate surface area is 320 Å². The smallest absolute Gasteiger partial charge is 0.410 e. The molecule has 9 nitrogen and oxygen atoms in total. The molecule has 2 aliphatic rings. The van der Waals surface area contributed by atoms with E-state index in [4.69, 9.17) is 9.47 Å². The summed E-state index contributed by atoms with van der Waals surface area (Å²) >= 11 is 0. The maximum atomic E-state index is 13.3. The lowest BCUT2D eigenvalue weighted by Gasteiger charge is -2.39. The number of rotatable bonds is 10. The van der Waals surface area contributed by atoms with Gasteiger partial charge in [-0.3, -0.25) is 9.69 Å². The van der Waals surface area contributed by atoms with Gasteiger partial charge in [-0.1, -0.05) is 78.9 Å². The van der Waals surface area contributed by atoms with E-state index in [1.807, 2.05) is 86.3 Å². The Hall–Kier alpha value is -5.15. The van der Waals surface area contributed by atoms with Crippen LogP contribution in [0.25, 0.3) is 11.1 Å². The molecule has 0 saturated carbocycles. The number of benzene rings is 4. The van der Waals surface area contributed by atoms with Crippen LogP contribution >= 0.6 is 0 Å². The van der Waals surface area contributed by atoms with Crippen molar-refractivity contribution in [1.29, 1.82) is 0 Å². The van der Waals surface area contributed by atoms with Crippen LogP contribution < -0.4 is 5.32 Å². The van der Waals surface area contributed by atoms with Crippen LogP contribution in [0.3, 0.4) is 0 Å². The van der Waals surface area contributed by atoms with Gasteiger partial charge in [-0.05, 0) is 111 Å². The van der Waals surface area contributed by atoms with Crippen LogP contribution in [0.4, 0.5) is 9.59 Å². The fourth-order valence-electron chi connectivity index (χ4n) is 7.32. The number of carbonyl (C=O) groups is 3. The summed E-state index contributed by atoms with van der Waals surface area (Å²) in [5.41, 5.74) is 6.75. The van der Waals surface area contributed by atoms with Crippen LogP contribution in [0.1, 0.15) is 73.1 Å². The first-order valence-corrected chi connectivity index (χ1v) is 19.2. The predicted molar refractivity (Wildman–Crippen MR) is 212 cm³/mol. The quantitative estimate of drug-likeness (QED) is 0.177. The Bertz CT molecular complexity index is 1880. The van der Waals surface area contributed by atoms with Gasteiger partial charge in [0.25, 0.3) is 5.91 Å². The fraction of sp³-hybridized carbons (Fsp3) is 0.400. The molecule has 2 saturated heterocycles. The minimum atomic E-state index is -0.494. The van der Waals surface area contributed by atoms with Gasteiger partial charge in [-0.2, -0.15) is 0 Å². The van der Waals surface area contributed by atoms with Crippen LogP contribution in [0, 0.1) is 5.92 Å². The second-order valence-electron chi connectivity index (χ2n) is 15.7. The first kappa shape index (κ1) is 38.6. The molecule has 0 bridgehead atoms. The molecule has 0 spiro atoms. The van der Waals surface area contributed by atoms with E-state index in [0.717, 1.165) is 66.7 Å². The number of carbonyl (C=O) groups excluding carboxylic acids is 3. The highest BCUT2D eigenvalue weighted by Crippen LogP contribution is 2.25. The lowest BCUT2D eigenvalue weighted by molar-refractivity contribution is 0.0184. The highest BCUT2D eigenvalue weighted by Gasteiger charge is 2.29. The molecule has 1 atom stereocenters. The van der Waals surface area contributed by atoms with E-state index < -0.39 is 5.60 Å². The van der Waals surface area contributed by atoms with Crippen molar-refractivity contribution in [3.63, 3.8) is 0 Å². The van der Waals surface area contributed by atoms with Crippen molar-refractivity contribution < 1.29 is 23.9 Å². The first-order valence-electron chi connectivity index (χ1n) is 19.2. The van der Waals surface area contributed by atoms with Gasteiger partial charge >= 0.3 is 12.2 Å². The van der Waals surface area contributed by atoms with E-state index in [0.29, 0.717) is 37.7 Å². The number of nitrogens with one attached hydrogen (secondary N) is 1. The van der Waals surface area contributed by atoms with Gasteiger partial charge < -0.3 is 24.6 Å². The molecule has 4 aromatic carbocycles. The van der Waals surface area contributed by atoms with Crippen molar-refractivity contribution in [1.82, 2.24) is 20.0 Å². The highest BCUT2D eigenvalue weighted by molar-refractivity contribution is 5.94. The molecule has 3 amide bonds. The van der Waals surface area contributed by atoms with E-state index in [9.17, 15) is 14.4 Å². The van der Waals surface area contributed by atoms with Crippen molar-refractivity contribution in [2.24, 2.45) is 5.92 Å². The van der Waals surface area contributed by atoms with Gasteiger partial charge in [0.2, 0.25) is 0 Å². The number of hydrogen-bond acceptors (Lipinski definition) is 6. The molecule has 54 heavy (non-hydrogen) atoms. The Morgan fingerprint density at radius 2 is 1.37 bits per heavy atom. The summed E-state index contributed by atoms with van der Waals surface area (Å²) < 4.78 is 11.1. The summed E-state index contributed by atoms with van der Waals surface area (Å²) in [6, 6.07) is 34.6. The van der Waals surface area contributed by atoms with Crippen LogP contribution in [0.15, 0.2) is 103 Å². The SMILES string of the molecule is C[C@H]1CN(Cc2cccc(-c3cccc(CNC(=O)c4cccc(CC5CCN(C(=O)OC(C)(C)C)CC5)c4)c3)c2)CCN1C(=O)OCc1ccccc1. The monoisotopic (exact) mass is 730 g/mol. The van der Waals surface area contributed by atoms with Gasteiger partial charge in [0.05, 0.1) is 0 Å². The molecule has 0 aromatic heterocycles. The van der Waals surface area contributed by atoms with Crippen molar-refractivity contribution in [2.45, 2.75) is 78.3 Å². The van der Waals surface area contributed by atoms with Gasteiger partial charge in [0, 0.05) is 57.4 Å². The molecular weight excluding hydrogens is 677 g/mol. The average molecular weight is 731 g/mol. The second-order valence-corrected chi connectivity index (χ2v) is 15.7. The van der Waals surface area contributed by atoms with Crippen molar-refractivity contribution in [2.75, 3.05) is 32.7 Å². The topological polar surface area (TPSA) is 91.4 Å². The molecule has 1 N–H and O–H groups in total. The number of ether oxygens (including phenoxy) is 2. The fourth-order valence-corrected chi connectivity index (χ4v) is 7.32. The summed E-state index contributed by atoms with van der Waals surface area (Å²) in [6.07, 6.45) is 2.21. The van der Waals surface area contributed by atoms with Crippen molar-refractivity contribution in [3.8, 4) is 11.1 Å². The Morgan fingerprint density at radius 3 is 2.07 bits per heavy atom. The molecular formula is C45H54N4O5. The minimum absolute atomic E-state index is 0.0511. The third-order valence-electron chi connectivity index (χ3n) is 10.2. The van der Waals surface area contributed by atoms with Crippen molar-refractivity contribution in [3.05, 3.63) is 131 Å². The van der Waals surface area contributed by atoms with Crippen LogP contribution in [0.2, 0.25) is 0 Å². The Morgan fingerprint density at radius 1 is 0.722 bits per heavy atom. The number of piperazine rings is 1. The number of hydrogen-bond donors (Lipinski definition) is 1. The maximum Gasteiger partial charge on any atom is 0.410 e. The standard InChI is InChI=1S/C45H54N4O5/c1-33-30-47(23-24-49(33)44(52)53-32-35-11-6-5-7-12-35)31-38-15-10-17-40(28-38)39-16-9-14-37(27-39)29-46-42(50)41-18-8-13-36(26-41)25-34-19-21-48(22-20-34)43(51)54-45(2,3)4/h5-18,26-28,33-34H,19-25,29-32H2,1-4H3,(H,46,50)/t33-/m0/s1. The summed E-state index contributed by atoms with van der Waals surface area (Å²) in [5.74, 6) is 0.362. The summed E-state index contributed by atoms with van der Waals surface area (Å²) in [6.45, 7) is 12.8. The van der Waals surface area contributed by atoms with Gasteiger partial charge in [0.15, 0.2) is 0 Å². The summed E-state index contributed by atoms with van der Waals surface area (Å²) in [4.78, 5) is 44.5. The third kappa shape index (κ3) is 10.9. The van der Waals surface area contributed by atoms with Crippen LogP contribution in [-0.4, -0.2) is 77.2 Å². The minimum Gasteiger partial charge on any atom is -0.445 e. The molecule has 6 rings (SSSR count). The van der Waals surface area contributed by atoms with E-state index in [-0.39, 0.29) is 30.7 Å². The average Bonchev–Trinajstić information content (AvgIpc) is 3.16. The molecule has 4 aromatic rings. The molecule has 9 heteroatoms. The zero-order valence-electron chi connectivity index (χ0n) is 32.1.